The molecule has 10 heteroatoms. The summed E-state index contributed by atoms with van der Waals surface area (Å²) in [6.45, 7) is 1.79. The van der Waals surface area contributed by atoms with Crippen LogP contribution in [0.25, 0.3) is 10.9 Å². The number of benzene rings is 1. The van der Waals surface area contributed by atoms with Gasteiger partial charge in [0.15, 0.2) is 5.16 Å². The number of urea groups is 1. The molecule has 0 saturated carbocycles. The summed E-state index contributed by atoms with van der Waals surface area (Å²) in [6.07, 6.45) is 0. The van der Waals surface area contributed by atoms with Crippen LogP contribution in [0.4, 0.5) is 4.79 Å². The van der Waals surface area contributed by atoms with E-state index in [0.717, 1.165) is 16.3 Å². The number of esters is 1. The fourth-order valence-electron chi connectivity index (χ4n) is 2.09. The summed E-state index contributed by atoms with van der Waals surface area (Å²) >= 11 is 0.949. The van der Waals surface area contributed by atoms with Crippen molar-refractivity contribution in [3.05, 3.63) is 34.6 Å². The molecule has 0 radical (unpaired) electrons. The lowest BCUT2D eigenvalue weighted by molar-refractivity contribution is -0.141. The second kappa shape index (κ2) is 8.99. The summed E-state index contributed by atoms with van der Waals surface area (Å²) < 4.78 is 5.76. The Bertz CT molecular complexity index is 896. The van der Waals surface area contributed by atoms with Crippen molar-refractivity contribution < 1.29 is 19.1 Å². The second-order valence-electron chi connectivity index (χ2n) is 5.08. The number of aromatic nitrogens is 2. The molecule has 2 N–H and O–H groups in total. The van der Waals surface area contributed by atoms with E-state index in [1.54, 1.807) is 31.2 Å². The summed E-state index contributed by atoms with van der Waals surface area (Å²) in [7, 11) is 1.22. The van der Waals surface area contributed by atoms with Gasteiger partial charge in [-0.15, -0.1) is 0 Å². The molecule has 9 nitrogen and oxygen atoms in total. The summed E-state index contributed by atoms with van der Waals surface area (Å²) in [4.78, 5) is 51.8. The molecule has 0 saturated heterocycles. The van der Waals surface area contributed by atoms with Crippen molar-refractivity contribution in [1.29, 1.82) is 0 Å². The Kier molecular flexibility index (Phi) is 6.73. The van der Waals surface area contributed by atoms with E-state index in [1.165, 1.54) is 7.11 Å². The lowest BCUT2D eigenvalue weighted by atomic mass is 10.2. The van der Waals surface area contributed by atoms with Gasteiger partial charge in [-0.3, -0.25) is 24.3 Å². The Balaban J connectivity index is 2.28. The van der Waals surface area contributed by atoms with Crippen LogP contribution in [-0.4, -0.2) is 46.9 Å². The molecule has 2 aromatic rings. The van der Waals surface area contributed by atoms with Gasteiger partial charge in [0.25, 0.3) is 5.56 Å². The fraction of sp³-hybridized carbons (Fsp3) is 0.312. The highest BCUT2D eigenvalue weighted by Gasteiger charge is 2.16. The molecule has 0 fully saturated rings. The zero-order valence-electron chi connectivity index (χ0n) is 14.3. The van der Waals surface area contributed by atoms with Gasteiger partial charge in [0.05, 0.1) is 23.8 Å². The second-order valence-corrected chi connectivity index (χ2v) is 6.02. The predicted octanol–water partition coefficient (Wildman–Crippen LogP) is 0.507. The van der Waals surface area contributed by atoms with Gasteiger partial charge in [-0.05, 0) is 19.1 Å². The number of thioether (sulfide) groups is 1. The van der Waals surface area contributed by atoms with E-state index < -0.39 is 23.5 Å². The Morgan fingerprint density at radius 2 is 2.00 bits per heavy atom. The Labute approximate surface area is 153 Å². The highest BCUT2D eigenvalue weighted by atomic mass is 32.2. The molecule has 3 amide bonds. The van der Waals surface area contributed by atoms with E-state index in [-0.39, 0.29) is 17.5 Å². The molecule has 1 aromatic carbocycles. The summed E-state index contributed by atoms with van der Waals surface area (Å²) in [5, 5.41) is 5.14. The van der Waals surface area contributed by atoms with Crippen molar-refractivity contribution in [2.75, 3.05) is 19.4 Å². The molecule has 0 atom stereocenters. The highest BCUT2D eigenvalue weighted by Crippen LogP contribution is 2.17. The zero-order chi connectivity index (χ0) is 19.1. The minimum absolute atomic E-state index is 0.150. The van der Waals surface area contributed by atoms with Crippen molar-refractivity contribution in [1.82, 2.24) is 20.2 Å². The number of para-hydroxylation sites is 1. The van der Waals surface area contributed by atoms with Gasteiger partial charge in [-0.1, -0.05) is 23.9 Å². The molecular weight excluding hydrogens is 360 g/mol. The molecule has 0 aliphatic carbocycles. The van der Waals surface area contributed by atoms with E-state index in [1.807, 2.05) is 0 Å². The lowest BCUT2D eigenvalue weighted by Gasteiger charge is -2.12. The van der Waals surface area contributed by atoms with Crippen molar-refractivity contribution in [3.8, 4) is 0 Å². The van der Waals surface area contributed by atoms with Gasteiger partial charge in [0.1, 0.15) is 6.54 Å². The maximum absolute atomic E-state index is 12.6. The van der Waals surface area contributed by atoms with Crippen LogP contribution in [-0.2, 0) is 20.9 Å². The first-order valence-electron chi connectivity index (χ1n) is 7.73. The number of fused-ring (bicyclic) bond motifs is 1. The Morgan fingerprint density at radius 3 is 2.69 bits per heavy atom. The van der Waals surface area contributed by atoms with Crippen LogP contribution in [0, 0.1) is 0 Å². The first-order valence-corrected chi connectivity index (χ1v) is 8.71. The number of carbonyl (C=O) groups excluding carboxylic acids is 3. The molecule has 2 rings (SSSR count). The van der Waals surface area contributed by atoms with Crippen molar-refractivity contribution in [2.24, 2.45) is 0 Å². The SMILES string of the molecule is CCNC(=O)NC(=O)CSc1nc2ccccc2c(=O)n1CC(=O)OC. The molecule has 1 heterocycles. The smallest absolute Gasteiger partial charge is 0.325 e. The number of hydrogen-bond donors (Lipinski definition) is 2. The van der Waals surface area contributed by atoms with Crippen LogP contribution in [0.2, 0.25) is 0 Å². The molecular formula is C16H18N4O5S. The van der Waals surface area contributed by atoms with Gasteiger partial charge < -0.3 is 10.1 Å². The van der Waals surface area contributed by atoms with Gasteiger partial charge in [0, 0.05) is 6.54 Å². The Hall–Kier alpha value is -2.88. The van der Waals surface area contributed by atoms with Crippen LogP contribution in [0.5, 0.6) is 0 Å². The summed E-state index contributed by atoms with van der Waals surface area (Å²) in [6, 6.07) is 6.10. The third kappa shape index (κ3) is 4.82. The van der Waals surface area contributed by atoms with Crippen LogP contribution in [0.1, 0.15) is 6.92 Å². The molecule has 0 spiro atoms. The maximum atomic E-state index is 12.6. The topological polar surface area (TPSA) is 119 Å². The minimum Gasteiger partial charge on any atom is -0.468 e. The molecule has 0 aliphatic rings. The number of carbonyl (C=O) groups is 3. The number of methoxy groups -OCH3 is 1. The van der Waals surface area contributed by atoms with E-state index in [2.05, 4.69) is 20.4 Å². The van der Waals surface area contributed by atoms with Crippen molar-refractivity contribution in [2.45, 2.75) is 18.6 Å². The number of amides is 3. The normalized spacial score (nSPS) is 10.4. The first kappa shape index (κ1) is 19.4. The number of nitrogens with zero attached hydrogens (tertiary/aromatic N) is 2. The fourth-order valence-corrected chi connectivity index (χ4v) is 2.89. The summed E-state index contributed by atoms with van der Waals surface area (Å²) in [5.41, 5.74) is 0.0397. The van der Waals surface area contributed by atoms with Gasteiger partial charge in [0.2, 0.25) is 5.91 Å². The van der Waals surface area contributed by atoms with Gasteiger partial charge >= 0.3 is 12.0 Å². The van der Waals surface area contributed by atoms with E-state index >= 15 is 0 Å². The van der Waals surface area contributed by atoms with Crippen LogP contribution < -0.4 is 16.2 Å². The largest absolute Gasteiger partial charge is 0.468 e. The predicted molar refractivity (Wildman–Crippen MR) is 96.0 cm³/mol. The van der Waals surface area contributed by atoms with Crippen LogP contribution in [0.3, 0.4) is 0 Å². The monoisotopic (exact) mass is 378 g/mol. The van der Waals surface area contributed by atoms with E-state index in [4.69, 9.17) is 0 Å². The molecule has 1 aromatic heterocycles. The molecule has 0 aliphatic heterocycles. The lowest BCUT2D eigenvalue weighted by Crippen LogP contribution is -2.40. The van der Waals surface area contributed by atoms with Crippen LogP contribution in [0.15, 0.2) is 34.2 Å². The van der Waals surface area contributed by atoms with Gasteiger partial charge in [-0.2, -0.15) is 0 Å². The molecule has 138 valence electrons. The number of ether oxygens (including phenoxy) is 1. The minimum atomic E-state index is -0.613. The van der Waals surface area contributed by atoms with Crippen molar-refractivity contribution in [3.63, 3.8) is 0 Å². The van der Waals surface area contributed by atoms with Crippen LogP contribution >= 0.6 is 11.8 Å². The Morgan fingerprint density at radius 1 is 1.27 bits per heavy atom. The number of imide groups is 1. The highest BCUT2D eigenvalue weighted by molar-refractivity contribution is 7.99. The third-order valence-corrected chi connectivity index (χ3v) is 4.24. The quantitative estimate of drug-likeness (QED) is 0.427. The molecule has 0 unspecified atom stereocenters. The van der Waals surface area contributed by atoms with E-state index in [0.29, 0.717) is 17.4 Å². The molecule has 26 heavy (non-hydrogen) atoms. The molecule has 0 bridgehead atoms. The third-order valence-electron chi connectivity index (χ3n) is 3.26. The summed E-state index contributed by atoms with van der Waals surface area (Å²) in [5.74, 6) is -1.31. The average Bonchev–Trinajstić information content (AvgIpc) is 2.62. The zero-order valence-corrected chi connectivity index (χ0v) is 15.1. The number of rotatable bonds is 6. The first-order chi connectivity index (χ1) is 12.5. The average molecular weight is 378 g/mol. The van der Waals surface area contributed by atoms with Crippen molar-refractivity contribution >= 4 is 40.6 Å². The van der Waals surface area contributed by atoms with Gasteiger partial charge in [-0.25, -0.2) is 9.78 Å². The van der Waals surface area contributed by atoms with E-state index in [9.17, 15) is 19.2 Å². The number of nitrogens with one attached hydrogen (secondary N) is 2. The standard InChI is InChI=1S/C16H18N4O5S/c1-3-17-15(24)19-12(21)9-26-16-18-11-7-5-4-6-10(11)14(23)20(16)8-13(22)25-2/h4-7H,3,8-9H2,1-2H3,(H2,17,19,21,24). The maximum Gasteiger partial charge on any atom is 0.325 e. The number of hydrogen-bond acceptors (Lipinski definition) is 7.